The second-order valence-corrected chi connectivity index (χ2v) is 5.47. The molecule has 0 aromatic heterocycles. The largest absolute Gasteiger partial charge is 0.369 e. The van der Waals surface area contributed by atoms with E-state index in [0.717, 1.165) is 26.2 Å². The molecule has 1 aliphatic heterocycles. The summed E-state index contributed by atoms with van der Waals surface area (Å²) in [7, 11) is 0. The van der Waals surface area contributed by atoms with Crippen molar-refractivity contribution in [2.24, 2.45) is 0 Å². The summed E-state index contributed by atoms with van der Waals surface area (Å²) in [6, 6.07) is 4.51. The van der Waals surface area contributed by atoms with E-state index >= 15 is 0 Å². The van der Waals surface area contributed by atoms with Gasteiger partial charge in [-0.25, -0.2) is 0 Å². The van der Waals surface area contributed by atoms with Crippen molar-refractivity contribution in [3.05, 3.63) is 27.7 Å². The van der Waals surface area contributed by atoms with Gasteiger partial charge in [-0.05, 0) is 42.5 Å². The molecule has 0 amide bonds. The molecule has 1 aromatic rings. The van der Waals surface area contributed by atoms with Crippen molar-refractivity contribution >= 4 is 21.6 Å². The average molecular weight is 281 g/mol. The number of nitrogens with zero attached hydrogens (tertiary/aromatic N) is 1. The van der Waals surface area contributed by atoms with Crippen LogP contribution in [0.25, 0.3) is 0 Å². The van der Waals surface area contributed by atoms with Crippen molar-refractivity contribution in [2.75, 3.05) is 31.1 Å². The minimum absolute atomic E-state index is 1.12. The molecule has 3 heteroatoms. The quantitative estimate of drug-likeness (QED) is 0.850. The van der Waals surface area contributed by atoms with E-state index in [4.69, 9.17) is 0 Å². The van der Waals surface area contributed by atoms with Gasteiger partial charge in [0, 0.05) is 36.3 Å². The van der Waals surface area contributed by atoms with Gasteiger partial charge in [-0.3, -0.25) is 0 Å². The molecule has 1 fully saturated rings. The van der Waals surface area contributed by atoms with Gasteiger partial charge < -0.3 is 10.2 Å². The Morgan fingerprint density at radius 3 is 2.62 bits per heavy atom. The van der Waals surface area contributed by atoms with Gasteiger partial charge in [-0.1, -0.05) is 15.9 Å². The Morgan fingerprint density at radius 2 is 1.81 bits per heavy atom. The summed E-state index contributed by atoms with van der Waals surface area (Å²) in [6.45, 7) is 4.53. The maximum absolute atomic E-state index is 3.67. The molecule has 2 aliphatic rings. The lowest BCUT2D eigenvalue weighted by Crippen LogP contribution is -2.43. The minimum atomic E-state index is 1.12. The van der Waals surface area contributed by atoms with Crippen molar-refractivity contribution in [1.29, 1.82) is 0 Å². The molecule has 1 N–H and O–H groups in total. The lowest BCUT2D eigenvalue weighted by atomic mass is 10.1. The molecule has 0 saturated carbocycles. The molecule has 1 saturated heterocycles. The Bertz CT molecular complexity index is 397. The number of nitrogens with one attached hydrogen (secondary N) is 1. The van der Waals surface area contributed by atoms with Crippen LogP contribution < -0.4 is 10.2 Å². The number of fused-ring (bicyclic) bond motifs is 1. The van der Waals surface area contributed by atoms with E-state index in [1.54, 1.807) is 11.1 Å². The highest BCUT2D eigenvalue weighted by molar-refractivity contribution is 9.10. The molecule has 1 heterocycles. The average Bonchev–Trinajstić information content (AvgIpc) is 2.81. The highest BCUT2D eigenvalue weighted by Crippen LogP contribution is 2.36. The molecular weight excluding hydrogens is 264 g/mol. The minimum Gasteiger partial charge on any atom is -0.369 e. The van der Waals surface area contributed by atoms with Gasteiger partial charge in [0.25, 0.3) is 0 Å². The number of hydrogen-bond donors (Lipinski definition) is 1. The number of benzene rings is 1. The van der Waals surface area contributed by atoms with Crippen LogP contribution in [-0.4, -0.2) is 26.2 Å². The fraction of sp³-hybridized carbons (Fsp3) is 0.538. The topological polar surface area (TPSA) is 15.3 Å². The Labute approximate surface area is 105 Å². The fourth-order valence-electron chi connectivity index (χ4n) is 2.85. The molecule has 2 nitrogen and oxygen atoms in total. The van der Waals surface area contributed by atoms with Crippen molar-refractivity contribution in [1.82, 2.24) is 5.32 Å². The van der Waals surface area contributed by atoms with E-state index in [1.165, 1.54) is 29.4 Å². The van der Waals surface area contributed by atoms with E-state index < -0.39 is 0 Å². The standard InChI is InChI=1S/C13H17BrN2/c14-12-4-5-13(11-3-1-2-10(11)12)16-8-6-15-7-9-16/h4-5,15H,1-3,6-9H2. The highest BCUT2D eigenvalue weighted by atomic mass is 79.9. The van der Waals surface area contributed by atoms with Gasteiger partial charge in [0.15, 0.2) is 0 Å². The summed E-state index contributed by atoms with van der Waals surface area (Å²) < 4.78 is 1.30. The molecule has 0 unspecified atom stereocenters. The van der Waals surface area contributed by atoms with Crippen molar-refractivity contribution in [3.8, 4) is 0 Å². The third-order valence-corrected chi connectivity index (χ3v) is 4.40. The number of rotatable bonds is 1. The first kappa shape index (κ1) is 10.6. The number of halogens is 1. The van der Waals surface area contributed by atoms with Gasteiger partial charge in [-0.2, -0.15) is 0 Å². The van der Waals surface area contributed by atoms with E-state index in [-0.39, 0.29) is 0 Å². The summed E-state index contributed by atoms with van der Waals surface area (Å²) in [4.78, 5) is 2.53. The number of piperazine rings is 1. The monoisotopic (exact) mass is 280 g/mol. The number of anilines is 1. The van der Waals surface area contributed by atoms with Gasteiger partial charge in [0.2, 0.25) is 0 Å². The molecule has 1 aliphatic carbocycles. The Balaban J connectivity index is 1.98. The van der Waals surface area contributed by atoms with Crippen LogP contribution in [0.15, 0.2) is 16.6 Å². The van der Waals surface area contributed by atoms with Gasteiger partial charge >= 0.3 is 0 Å². The van der Waals surface area contributed by atoms with E-state index in [9.17, 15) is 0 Å². The SMILES string of the molecule is Brc1ccc(N2CCNCC2)c2c1CCC2. The van der Waals surface area contributed by atoms with Crippen LogP contribution in [0.5, 0.6) is 0 Å². The summed E-state index contributed by atoms with van der Waals surface area (Å²) in [6.07, 6.45) is 3.82. The molecule has 0 radical (unpaired) electrons. The molecule has 3 rings (SSSR count). The van der Waals surface area contributed by atoms with E-state index in [2.05, 4.69) is 38.3 Å². The predicted octanol–water partition coefficient (Wildman–Crippen LogP) is 2.35. The lowest BCUT2D eigenvalue weighted by molar-refractivity contribution is 0.588. The first-order valence-electron chi connectivity index (χ1n) is 6.12. The first-order chi connectivity index (χ1) is 7.86. The maximum Gasteiger partial charge on any atom is 0.0403 e. The Hall–Kier alpha value is -0.540. The fourth-order valence-corrected chi connectivity index (χ4v) is 3.41. The van der Waals surface area contributed by atoms with Crippen LogP contribution >= 0.6 is 15.9 Å². The van der Waals surface area contributed by atoms with Crippen LogP contribution in [0.1, 0.15) is 17.5 Å². The van der Waals surface area contributed by atoms with Crippen LogP contribution in [0.2, 0.25) is 0 Å². The molecular formula is C13H17BrN2. The zero-order chi connectivity index (χ0) is 11.0. The first-order valence-corrected chi connectivity index (χ1v) is 6.91. The van der Waals surface area contributed by atoms with E-state index in [0.29, 0.717) is 0 Å². The Kier molecular flexibility index (Phi) is 2.90. The van der Waals surface area contributed by atoms with Crippen LogP contribution in [0, 0.1) is 0 Å². The van der Waals surface area contributed by atoms with E-state index in [1.807, 2.05) is 0 Å². The maximum atomic E-state index is 3.67. The molecule has 0 spiro atoms. The molecule has 86 valence electrons. The van der Waals surface area contributed by atoms with Crippen LogP contribution in [0.4, 0.5) is 5.69 Å². The second kappa shape index (κ2) is 4.38. The lowest BCUT2D eigenvalue weighted by Gasteiger charge is -2.31. The van der Waals surface area contributed by atoms with Crippen molar-refractivity contribution < 1.29 is 0 Å². The van der Waals surface area contributed by atoms with Gasteiger partial charge in [0.05, 0.1) is 0 Å². The second-order valence-electron chi connectivity index (χ2n) is 4.61. The smallest absolute Gasteiger partial charge is 0.0403 e. The molecule has 0 atom stereocenters. The summed E-state index contributed by atoms with van der Waals surface area (Å²) in [5.41, 5.74) is 4.63. The molecule has 16 heavy (non-hydrogen) atoms. The van der Waals surface area contributed by atoms with Crippen molar-refractivity contribution in [3.63, 3.8) is 0 Å². The van der Waals surface area contributed by atoms with Gasteiger partial charge in [-0.15, -0.1) is 0 Å². The normalized spacial score (nSPS) is 19.9. The molecule has 0 bridgehead atoms. The predicted molar refractivity (Wildman–Crippen MR) is 71.2 cm³/mol. The number of hydrogen-bond acceptors (Lipinski definition) is 2. The van der Waals surface area contributed by atoms with Crippen LogP contribution in [0.3, 0.4) is 0 Å². The zero-order valence-corrected chi connectivity index (χ0v) is 11.0. The third-order valence-electron chi connectivity index (χ3n) is 3.66. The summed E-state index contributed by atoms with van der Waals surface area (Å²) >= 11 is 3.67. The summed E-state index contributed by atoms with van der Waals surface area (Å²) in [5.74, 6) is 0. The zero-order valence-electron chi connectivity index (χ0n) is 9.43. The van der Waals surface area contributed by atoms with Crippen LogP contribution in [-0.2, 0) is 12.8 Å². The summed E-state index contributed by atoms with van der Waals surface area (Å²) in [5, 5.41) is 3.41. The molecule has 1 aromatic carbocycles. The van der Waals surface area contributed by atoms with Crippen molar-refractivity contribution in [2.45, 2.75) is 19.3 Å². The highest BCUT2D eigenvalue weighted by Gasteiger charge is 2.21. The third kappa shape index (κ3) is 1.76. The van der Waals surface area contributed by atoms with Gasteiger partial charge in [0.1, 0.15) is 0 Å². The Morgan fingerprint density at radius 1 is 1.06 bits per heavy atom.